The largest absolute Gasteiger partial charge is 0.383 e. The van der Waals surface area contributed by atoms with Crippen molar-refractivity contribution in [3.63, 3.8) is 0 Å². The molecule has 0 aliphatic heterocycles. The average molecular weight is 151 g/mol. The van der Waals surface area contributed by atoms with Gasteiger partial charge in [-0.2, -0.15) is 0 Å². The zero-order chi connectivity index (χ0) is 8.27. The predicted octanol–water partition coefficient (Wildman–Crippen LogP) is 0.386. The van der Waals surface area contributed by atoms with E-state index in [2.05, 4.69) is 15.3 Å². The lowest BCUT2D eigenvalue weighted by Gasteiger charge is -2.03. The third-order valence-electron chi connectivity index (χ3n) is 1.33. The first kappa shape index (κ1) is 7.46. The molecule has 1 aromatic heterocycles. The Morgan fingerprint density at radius 3 is 3.00 bits per heavy atom. The molecular formula is C6H9N5. The molecule has 0 atom stereocenters. The lowest BCUT2D eigenvalue weighted by Crippen LogP contribution is -2.03. The highest BCUT2D eigenvalue weighted by Gasteiger charge is 2.00. The first-order chi connectivity index (χ1) is 5.25. The van der Waals surface area contributed by atoms with Gasteiger partial charge in [-0.3, -0.25) is 5.41 Å². The molecule has 11 heavy (non-hydrogen) atoms. The molecule has 0 saturated carbocycles. The van der Waals surface area contributed by atoms with E-state index in [9.17, 15) is 0 Å². The van der Waals surface area contributed by atoms with Gasteiger partial charge in [-0.15, -0.1) is 0 Å². The van der Waals surface area contributed by atoms with Crippen molar-refractivity contribution in [1.82, 2.24) is 9.97 Å². The Morgan fingerprint density at radius 1 is 1.64 bits per heavy atom. The lowest BCUT2D eigenvalue weighted by molar-refractivity contribution is 1.15. The van der Waals surface area contributed by atoms with Gasteiger partial charge in [-0.05, 0) is 6.92 Å². The molecule has 4 N–H and O–H groups in total. The molecule has 0 unspecified atom stereocenters. The normalized spacial score (nSPS) is 9.18. The number of nitrogens with two attached hydrogens (primary N) is 1. The summed E-state index contributed by atoms with van der Waals surface area (Å²) in [6, 6.07) is 0. The van der Waals surface area contributed by atoms with Crippen LogP contribution in [-0.4, -0.2) is 16.3 Å². The SMILES string of the molecule is Cc1c(N)ncnc1NC=N. The van der Waals surface area contributed by atoms with Crippen LogP contribution in [0.5, 0.6) is 0 Å². The topological polar surface area (TPSA) is 87.7 Å². The van der Waals surface area contributed by atoms with Gasteiger partial charge in [0, 0.05) is 5.56 Å². The molecule has 1 rings (SSSR count). The van der Waals surface area contributed by atoms with Gasteiger partial charge < -0.3 is 11.1 Å². The number of aromatic nitrogens is 2. The van der Waals surface area contributed by atoms with Crippen LogP contribution < -0.4 is 11.1 Å². The van der Waals surface area contributed by atoms with Gasteiger partial charge in [0.1, 0.15) is 18.0 Å². The van der Waals surface area contributed by atoms with Crippen molar-refractivity contribution in [2.45, 2.75) is 6.92 Å². The van der Waals surface area contributed by atoms with Crippen molar-refractivity contribution in [2.75, 3.05) is 11.1 Å². The van der Waals surface area contributed by atoms with Crippen LogP contribution in [0, 0.1) is 12.3 Å². The van der Waals surface area contributed by atoms with Gasteiger partial charge in [0.05, 0.1) is 6.34 Å². The molecule has 0 aliphatic rings. The number of anilines is 2. The second-order valence-electron chi connectivity index (χ2n) is 2.02. The predicted molar refractivity (Wildman–Crippen MR) is 43.6 cm³/mol. The van der Waals surface area contributed by atoms with E-state index in [4.69, 9.17) is 11.1 Å². The van der Waals surface area contributed by atoms with Crippen LogP contribution in [0.4, 0.5) is 11.6 Å². The van der Waals surface area contributed by atoms with Crippen molar-refractivity contribution < 1.29 is 0 Å². The van der Waals surface area contributed by atoms with Crippen LogP contribution >= 0.6 is 0 Å². The summed E-state index contributed by atoms with van der Waals surface area (Å²) in [7, 11) is 0. The maximum absolute atomic E-state index is 6.77. The van der Waals surface area contributed by atoms with Gasteiger partial charge in [0.25, 0.3) is 0 Å². The Balaban J connectivity index is 3.05. The molecule has 0 bridgehead atoms. The molecular weight excluding hydrogens is 142 g/mol. The molecule has 0 aliphatic carbocycles. The van der Waals surface area contributed by atoms with E-state index in [-0.39, 0.29) is 0 Å². The fourth-order valence-corrected chi connectivity index (χ4v) is 0.678. The molecule has 5 heteroatoms. The molecule has 0 aromatic carbocycles. The number of nitrogens with one attached hydrogen (secondary N) is 2. The standard InChI is InChI=1S/C6H9N5/c1-4-5(8)10-3-11-6(4)9-2-7/h2-3H,1H3,(H4,7,8,9,10,11). The van der Waals surface area contributed by atoms with Gasteiger partial charge in [0.15, 0.2) is 0 Å². The molecule has 0 amide bonds. The Labute approximate surface area is 64.2 Å². The van der Waals surface area contributed by atoms with E-state index in [1.165, 1.54) is 6.33 Å². The molecule has 58 valence electrons. The van der Waals surface area contributed by atoms with Crippen molar-refractivity contribution in [3.05, 3.63) is 11.9 Å². The highest BCUT2D eigenvalue weighted by Crippen LogP contribution is 2.13. The van der Waals surface area contributed by atoms with Crippen molar-refractivity contribution in [1.29, 1.82) is 5.41 Å². The van der Waals surface area contributed by atoms with E-state index in [1.807, 2.05) is 0 Å². The third kappa shape index (κ3) is 1.43. The van der Waals surface area contributed by atoms with Crippen LogP contribution in [-0.2, 0) is 0 Å². The number of hydrogen-bond donors (Lipinski definition) is 3. The maximum Gasteiger partial charge on any atom is 0.139 e. The van der Waals surface area contributed by atoms with Crippen LogP contribution in [0.1, 0.15) is 5.56 Å². The van der Waals surface area contributed by atoms with Gasteiger partial charge in [0.2, 0.25) is 0 Å². The first-order valence-electron chi connectivity index (χ1n) is 3.08. The summed E-state index contributed by atoms with van der Waals surface area (Å²) in [5.41, 5.74) is 6.24. The number of nitrogen functional groups attached to an aromatic ring is 1. The van der Waals surface area contributed by atoms with E-state index >= 15 is 0 Å². The average Bonchev–Trinajstić information content (AvgIpc) is 1.99. The van der Waals surface area contributed by atoms with Crippen molar-refractivity contribution in [3.8, 4) is 0 Å². The van der Waals surface area contributed by atoms with Gasteiger partial charge in [-0.1, -0.05) is 0 Å². The number of hydrogen-bond acceptors (Lipinski definition) is 4. The summed E-state index contributed by atoms with van der Waals surface area (Å²) in [5.74, 6) is 1.01. The third-order valence-corrected chi connectivity index (χ3v) is 1.33. The Bertz CT molecular complexity index is 270. The zero-order valence-corrected chi connectivity index (χ0v) is 6.13. The smallest absolute Gasteiger partial charge is 0.139 e. The zero-order valence-electron chi connectivity index (χ0n) is 6.13. The second-order valence-corrected chi connectivity index (χ2v) is 2.02. The van der Waals surface area contributed by atoms with E-state index in [0.717, 1.165) is 11.9 Å². The van der Waals surface area contributed by atoms with Crippen LogP contribution in [0.15, 0.2) is 6.33 Å². The summed E-state index contributed by atoms with van der Waals surface area (Å²) in [4.78, 5) is 7.65. The minimum Gasteiger partial charge on any atom is -0.383 e. The minimum atomic E-state index is 0.435. The van der Waals surface area contributed by atoms with Crippen LogP contribution in [0.25, 0.3) is 0 Å². The van der Waals surface area contributed by atoms with Crippen LogP contribution in [0.3, 0.4) is 0 Å². The van der Waals surface area contributed by atoms with Gasteiger partial charge >= 0.3 is 0 Å². The molecule has 0 radical (unpaired) electrons. The Morgan fingerprint density at radius 2 is 2.36 bits per heavy atom. The summed E-state index contributed by atoms with van der Waals surface area (Å²) < 4.78 is 0. The van der Waals surface area contributed by atoms with Gasteiger partial charge in [-0.25, -0.2) is 9.97 Å². The monoisotopic (exact) mass is 151 g/mol. The summed E-state index contributed by atoms with van der Waals surface area (Å²) in [6.45, 7) is 1.79. The fourth-order valence-electron chi connectivity index (χ4n) is 0.678. The Kier molecular flexibility index (Phi) is 2.00. The number of rotatable bonds is 2. The second kappa shape index (κ2) is 2.96. The first-order valence-corrected chi connectivity index (χ1v) is 3.08. The minimum absolute atomic E-state index is 0.435. The van der Waals surface area contributed by atoms with Crippen molar-refractivity contribution >= 4 is 18.0 Å². The van der Waals surface area contributed by atoms with Crippen LogP contribution in [0.2, 0.25) is 0 Å². The quantitative estimate of drug-likeness (QED) is 0.421. The highest BCUT2D eigenvalue weighted by atomic mass is 15.0. The number of nitrogens with zero attached hydrogens (tertiary/aromatic N) is 2. The molecule has 0 fully saturated rings. The van der Waals surface area contributed by atoms with E-state index in [1.54, 1.807) is 6.92 Å². The lowest BCUT2D eigenvalue weighted by atomic mass is 10.3. The van der Waals surface area contributed by atoms with Crippen molar-refractivity contribution in [2.24, 2.45) is 0 Å². The highest BCUT2D eigenvalue weighted by molar-refractivity contribution is 5.74. The Hall–Kier alpha value is -1.65. The summed E-state index contributed by atoms with van der Waals surface area (Å²) in [6.07, 6.45) is 2.41. The summed E-state index contributed by atoms with van der Waals surface area (Å²) >= 11 is 0. The molecule has 0 spiro atoms. The molecule has 0 saturated heterocycles. The molecule has 5 nitrogen and oxygen atoms in total. The molecule has 1 aromatic rings. The maximum atomic E-state index is 6.77. The van der Waals surface area contributed by atoms with E-state index < -0.39 is 0 Å². The summed E-state index contributed by atoms with van der Waals surface area (Å²) in [5, 5.41) is 9.40. The van der Waals surface area contributed by atoms with E-state index in [0.29, 0.717) is 11.6 Å². The fraction of sp³-hybridized carbons (Fsp3) is 0.167. The molecule has 1 heterocycles.